The molecule has 0 saturated carbocycles. The summed E-state index contributed by atoms with van der Waals surface area (Å²) in [5.74, 6) is 0. The Morgan fingerprint density at radius 3 is 2.56 bits per heavy atom. The van der Waals surface area contributed by atoms with Crippen LogP contribution in [0.5, 0.6) is 0 Å². The Morgan fingerprint density at radius 2 is 1.94 bits per heavy atom. The highest BCUT2D eigenvalue weighted by Gasteiger charge is 2.39. The van der Waals surface area contributed by atoms with E-state index in [2.05, 4.69) is 10.00 Å². The number of aromatic nitrogens is 2. The number of hydrogen-bond donors (Lipinski definition) is 0. The summed E-state index contributed by atoms with van der Waals surface area (Å²) in [7, 11) is 0. The van der Waals surface area contributed by atoms with E-state index in [1.807, 2.05) is 23.1 Å². The Kier molecular flexibility index (Phi) is 2.90. The van der Waals surface area contributed by atoms with Crippen LogP contribution in [-0.4, -0.2) is 38.7 Å². The third-order valence-electron chi connectivity index (χ3n) is 3.97. The second-order valence-electron chi connectivity index (χ2n) is 4.96. The molecule has 0 N–H and O–H groups in total. The summed E-state index contributed by atoms with van der Waals surface area (Å²) in [4.78, 5) is 2.65. The molecule has 2 atom stereocenters. The number of hydrogen-bond acceptors (Lipinski definition) is 2. The maximum absolute atomic E-state index is 6.27. The van der Waals surface area contributed by atoms with Gasteiger partial charge in [-0.1, -0.05) is 0 Å². The van der Waals surface area contributed by atoms with Gasteiger partial charge in [0.2, 0.25) is 0 Å². The minimum atomic E-state index is 0.415. The predicted molar refractivity (Wildman–Crippen MR) is 64.6 cm³/mol. The zero-order valence-electron chi connectivity index (χ0n) is 9.43. The average molecular weight is 240 g/mol. The maximum atomic E-state index is 6.27. The molecule has 0 radical (unpaired) electrons. The van der Waals surface area contributed by atoms with Gasteiger partial charge in [-0.15, -0.1) is 11.6 Å². The standard InChI is InChI=1S/C12H18ClN3/c13-10-8-11-2-3-12(9-10)16(11)7-6-15-5-1-4-14-15/h1,4-5,10-12H,2-3,6-9H2. The second-order valence-corrected chi connectivity index (χ2v) is 5.58. The lowest BCUT2D eigenvalue weighted by molar-refractivity contribution is 0.136. The molecular weight excluding hydrogens is 222 g/mol. The van der Waals surface area contributed by atoms with E-state index >= 15 is 0 Å². The van der Waals surface area contributed by atoms with Gasteiger partial charge in [0.25, 0.3) is 0 Å². The summed E-state index contributed by atoms with van der Waals surface area (Å²) in [5.41, 5.74) is 0. The molecule has 0 aromatic carbocycles. The molecule has 2 aliphatic heterocycles. The monoisotopic (exact) mass is 239 g/mol. The van der Waals surface area contributed by atoms with E-state index in [0.717, 1.165) is 25.2 Å². The van der Waals surface area contributed by atoms with Crippen molar-refractivity contribution >= 4 is 11.6 Å². The topological polar surface area (TPSA) is 21.1 Å². The highest BCUT2D eigenvalue weighted by Crippen LogP contribution is 2.37. The maximum Gasteiger partial charge on any atom is 0.0536 e. The van der Waals surface area contributed by atoms with Crippen molar-refractivity contribution in [1.29, 1.82) is 0 Å². The van der Waals surface area contributed by atoms with Crippen molar-refractivity contribution in [3.63, 3.8) is 0 Å². The van der Waals surface area contributed by atoms with E-state index in [4.69, 9.17) is 11.6 Å². The Labute approximate surface area is 101 Å². The van der Waals surface area contributed by atoms with E-state index < -0.39 is 0 Å². The van der Waals surface area contributed by atoms with Gasteiger partial charge in [-0.2, -0.15) is 5.10 Å². The smallest absolute Gasteiger partial charge is 0.0536 e. The number of piperidine rings is 1. The third-order valence-corrected chi connectivity index (χ3v) is 4.33. The summed E-state index contributed by atoms with van der Waals surface area (Å²) in [6.45, 7) is 2.13. The number of nitrogens with zero attached hydrogens (tertiary/aromatic N) is 3. The molecule has 4 heteroatoms. The zero-order chi connectivity index (χ0) is 11.0. The van der Waals surface area contributed by atoms with Crippen LogP contribution in [0.15, 0.2) is 18.5 Å². The largest absolute Gasteiger partial charge is 0.295 e. The van der Waals surface area contributed by atoms with Crippen LogP contribution in [0.25, 0.3) is 0 Å². The summed E-state index contributed by atoms with van der Waals surface area (Å²) < 4.78 is 2.02. The van der Waals surface area contributed by atoms with Gasteiger partial charge >= 0.3 is 0 Å². The normalized spacial score (nSPS) is 34.4. The molecule has 2 saturated heterocycles. The Bertz CT molecular complexity index is 324. The molecule has 2 bridgehead atoms. The van der Waals surface area contributed by atoms with E-state index in [1.54, 1.807) is 0 Å². The van der Waals surface area contributed by atoms with E-state index in [9.17, 15) is 0 Å². The fourth-order valence-corrected chi connectivity index (χ4v) is 3.63. The summed E-state index contributed by atoms with van der Waals surface area (Å²) in [6, 6.07) is 3.45. The molecule has 2 fully saturated rings. The molecule has 2 unspecified atom stereocenters. The molecule has 16 heavy (non-hydrogen) atoms. The van der Waals surface area contributed by atoms with Gasteiger partial charge in [0.05, 0.1) is 6.54 Å². The van der Waals surface area contributed by atoms with Crippen molar-refractivity contribution in [2.45, 2.75) is 49.7 Å². The van der Waals surface area contributed by atoms with Gasteiger partial charge in [-0.3, -0.25) is 9.58 Å². The molecule has 0 amide bonds. The summed E-state index contributed by atoms with van der Waals surface area (Å²) in [6.07, 6.45) is 8.92. The third kappa shape index (κ3) is 1.98. The van der Waals surface area contributed by atoms with Crippen LogP contribution in [0.4, 0.5) is 0 Å². The Morgan fingerprint density at radius 1 is 1.19 bits per heavy atom. The lowest BCUT2D eigenvalue weighted by Crippen LogP contribution is -2.44. The number of alkyl halides is 1. The minimum Gasteiger partial charge on any atom is -0.295 e. The first-order valence-electron chi connectivity index (χ1n) is 6.20. The van der Waals surface area contributed by atoms with Gasteiger partial charge < -0.3 is 0 Å². The lowest BCUT2D eigenvalue weighted by Gasteiger charge is -2.36. The van der Waals surface area contributed by atoms with Crippen LogP contribution in [0.1, 0.15) is 25.7 Å². The van der Waals surface area contributed by atoms with Gasteiger partial charge in [-0.25, -0.2) is 0 Å². The fourth-order valence-electron chi connectivity index (χ4n) is 3.22. The first kappa shape index (κ1) is 10.6. The fraction of sp³-hybridized carbons (Fsp3) is 0.750. The van der Waals surface area contributed by atoms with Crippen LogP contribution in [0.3, 0.4) is 0 Å². The quantitative estimate of drug-likeness (QED) is 0.754. The van der Waals surface area contributed by atoms with Crippen molar-refractivity contribution < 1.29 is 0 Å². The van der Waals surface area contributed by atoms with Gasteiger partial charge in [0.1, 0.15) is 0 Å². The predicted octanol–water partition coefficient (Wildman–Crippen LogP) is 2.12. The Hall–Kier alpha value is -0.540. The van der Waals surface area contributed by atoms with Crippen LogP contribution in [0.2, 0.25) is 0 Å². The Balaban J connectivity index is 1.59. The number of halogens is 1. The highest BCUT2D eigenvalue weighted by atomic mass is 35.5. The highest BCUT2D eigenvalue weighted by molar-refractivity contribution is 6.20. The zero-order valence-corrected chi connectivity index (χ0v) is 10.2. The van der Waals surface area contributed by atoms with Gasteiger partial charge in [0, 0.05) is 36.4 Å². The minimum absolute atomic E-state index is 0.415. The molecular formula is C12H18ClN3. The van der Waals surface area contributed by atoms with E-state index in [-0.39, 0.29) is 0 Å². The van der Waals surface area contributed by atoms with Crippen LogP contribution in [0, 0.1) is 0 Å². The molecule has 3 heterocycles. The van der Waals surface area contributed by atoms with Crippen LogP contribution >= 0.6 is 11.6 Å². The number of rotatable bonds is 3. The summed E-state index contributed by atoms with van der Waals surface area (Å²) in [5, 5.41) is 4.67. The molecule has 3 rings (SSSR count). The van der Waals surface area contributed by atoms with Crippen molar-refractivity contribution in [2.24, 2.45) is 0 Å². The van der Waals surface area contributed by atoms with Crippen molar-refractivity contribution in [3.05, 3.63) is 18.5 Å². The molecule has 0 spiro atoms. The summed E-state index contributed by atoms with van der Waals surface area (Å²) >= 11 is 6.27. The van der Waals surface area contributed by atoms with Gasteiger partial charge in [0.15, 0.2) is 0 Å². The molecule has 88 valence electrons. The SMILES string of the molecule is ClC1CC2CCC(C1)N2CCn1cccn1. The molecule has 0 aliphatic carbocycles. The average Bonchev–Trinajstić information content (AvgIpc) is 2.83. The molecule has 3 nitrogen and oxygen atoms in total. The van der Waals surface area contributed by atoms with E-state index in [1.165, 1.54) is 25.7 Å². The second kappa shape index (κ2) is 4.38. The first-order valence-corrected chi connectivity index (χ1v) is 6.64. The van der Waals surface area contributed by atoms with Crippen LogP contribution < -0.4 is 0 Å². The molecule has 2 aliphatic rings. The molecule has 1 aromatic heterocycles. The molecule has 1 aromatic rings. The van der Waals surface area contributed by atoms with Gasteiger partial charge in [-0.05, 0) is 31.7 Å². The van der Waals surface area contributed by atoms with E-state index in [0.29, 0.717) is 5.38 Å². The number of fused-ring (bicyclic) bond motifs is 2. The van der Waals surface area contributed by atoms with Crippen molar-refractivity contribution in [2.75, 3.05) is 6.54 Å². The lowest BCUT2D eigenvalue weighted by atomic mass is 10.0. The first-order chi connectivity index (χ1) is 7.83. The van der Waals surface area contributed by atoms with Crippen molar-refractivity contribution in [1.82, 2.24) is 14.7 Å². The van der Waals surface area contributed by atoms with Crippen molar-refractivity contribution in [3.8, 4) is 0 Å². The van der Waals surface area contributed by atoms with Crippen LogP contribution in [-0.2, 0) is 6.54 Å².